The van der Waals surface area contributed by atoms with Crippen molar-refractivity contribution in [3.63, 3.8) is 0 Å². The third-order valence-electron chi connectivity index (χ3n) is 1.49. The van der Waals surface area contributed by atoms with Crippen molar-refractivity contribution in [1.29, 1.82) is 10.5 Å². The van der Waals surface area contributed by atoms with Crippen LogP contribution in [0.3, 0.4) is 0 Å². The fourth-order valence-electron chi connectivity index (χ4n) is 0.854. The van der Waals surface area contributed by atoms with Gasteiger partial charge in [0.05, 0.1) is 25.0 Å². The molecule has 0 saturated heterocycles. The molecule has 0 saturated carbocycles. The maximum absolute atomic E-state index is 12.5. The summed E-state index contributed by atoms with van der Waals surface area (Å²) in [4.78, 5) is 3.16. The van der Waals surface area contributed by atoms with E-state index < -0.39 is 18.3 Å². The minimum absolute atomic E-state index is 0.226. The minimum atomic E-state index is -4.66. The van der Waals surface area contributed by atoms with Crippen LogP contribution in [0.5, 0.6) is 0 Å². The van der Waals surface area contributed by atoms with Crippen molar-refractivity contribution in [3.8, 4) is 12.1 Å². The first-order valence-corrected chi connectivity index (χ1v) is 4.16. The lowest BCUT2D eigenvalue weighted by Crippen LogP contribution is -2.12. The third-order valence-corrected chi connectivity index (χ3v) is 1.49. The van der Waals surface area contributed by atoms with Crippen LogP contribution in [0.15, 0.2) is 28.9 Å². The van der Waals surface area contributed by atoms with Gasteiger partial charge in [0.1, 0.15) is 5.70 Å². The zero-order valence-electron chi connectivity index (χ0n) is 8.25. The molecule has 0 aliphatic carbocycles. The van der Waals surface area contributed by atoms with Gasteiger partial charge in [0.15, 0.2) is 0 Å². The van der Waals surface area contributed by atoms with Crippen molar-refractivity contribution in [2.75, 3.05) is 0 Å². The first kappa shape index (κ1) is 13.9. The molecule has 84 valence electrons. The van der Waals surface area contributed by atoms with Crippen LogP contribution in [0.2, 0.25) is 0 Å². The molecular weight excluding hydrogens is 219 g/mol. The Hall–Kier alpha value is -2.08. The van der Waals surface area contributed by atoms with E-state index in [-0.39, 0.29) is 12.0 Å². The van der Waals surface area contributed by atoms with E-state index in [0.717, 1.165) is 12.3 Å². The molecule has 0 spiro atoms. The normalized spacial score (nSPS) is 12.8. The predicted molar refractivity (Wildman–Crippen MR) is 52.2 cm³/mol. The van der Waals surface area contributed by atoms with Crippen LogP contribution in [0.25, 0.3) is 0 Å². The molecule has 0 atom stereocenters. The molecule has 0 aromatic carbocycles. The lowest BCUT2D eigenvalue weighted by Gasteiger charge is -2.09. The number of allylic oxidation sites excluding steroid dienone is 3. The summed E-state index contributed by atoms with van der Waals surface area (Å²) in [6.45, 7) is 3.19. The van der Waals surface area contributed by atoms with Gasteiger partial charge in [-0.2, -0.15) is 23.7 Å². The maximum Gasteiger partial charge on any atom is 0.433 e. The molecule has 0 amide bonds. The average molecular weight is 227 g/mol. The molecule has 0 N–H and O–H groups in total. The van der Waals surface area contributed by atoms with Gasteiger partial charge in [-0.05, 0) is 5.57 Å². The van der Waals surface area contributed by atoms with E-state index in [1.54, 1.807) is 12.1 Å². The Morgan fingerprint density at radius 2 is 1.94 bits per heavy atom. The monoisotopic (exact) mass is 227 g/mol. The molecule has 0 aromatic heterocycles. The van der Waals surface area contributed by atoms with Crippen molar-refractivity contribution in [3.05, 3.63) is 23.9 Å². The topological polar surface area (TPSA) is 59.9 Å². The quantitative estimate of drug-likeness (QED) is 0.547. The van der Waals surface area contributed by atoms with Gasteiger partial charge in [-0.15, -0.1) is 0 Å². The van der Waals surface area contributed by atoms with Crippen LogP contribution < -0.4 is 0 Å². The Bertz CT molecular complexity index is 391. The first-order chi connectivity index (χ1) is 7.47. The summed E-state index contributed by atoms with van der Waals surface area (Å²) in [6.07, 6.45) is -3.52. The van der Waals surface area contributed by atoms with Gasteiger partial charge in [0, 0.05) is 6.21 Å². The highest BCUT2D eigenvalue weighted by molar-refractivity contribution is 5.62. The maximum atomic E-state index is 12.5. The van der Waals surface area contributed by atoms with Crippen molar-refractivity contribution >= 4 is 6.21 Å². The second-order valence-electron chi connectivity index (χ2n) is 2.58. The van der Waals surface area contributed by atoms with Gasteiger partial charge in [0.25, 0.3) is 0 Å². The molecule has 16 heavy (non-hydrogen) atoms. The molecular formula is C10H8F3N3. The van der Waals surface area contributed by atoms with E-state index in [1.807, 2.05) is 0 Å². The average Bonchev–Trinajstić information content (AvgIpc) is 2.20. The van der Waals surface area contributed by atoms with Gasteiger partial charge in [-0.25, -0.2) is 0 Å². The molecule has 0 heterocycles. The molecule has 0 unspecified atom stereocenters. The first-order valence-electron chi connectivity index (χ1n) is 4.16. The second-order valence-corrected chi connectivity index (χ2v) is 2.58. The Labute approximate surface area is 90.8 Å². The van der Waals surface area contributed by atoms with E-state index in [1.165, 1.54) is 0 Å². The minimum Gasteiger partial charge on any atom is -0.255 e. The van der Waals surface area contributed by atoms with Crippen molar-refractivity contribution in [1.82, 2.24) is 0 Å². The van der Waals surface area contributed by atoms with Crippen LogP contribution in [0, 0.1) is 22.7 Å². The summed E-state index contributed by atoms with van der Waals surface area (Å²) >= 11 is 0. The summed E-state index contributed by atoms with van der Waals surface area (Å²) in [7, 11) is 0. The lowest BCUT2D eigenvalue weighted by molar-refractivity contribution is -0.0929. The van der Waals surface area contributed by atoms with Crippen molar-refractivity contribution in [2.45, 2.75) is 19.0 Å². The molecule has 6 heteroatoms. The number of aliphatic imine (C=N–C) groups is 1. The van der Waals surface area contributed by atoms with E-state index in [9.17, 15) is 13.2 Å². The second kappa shape index (κ2) is 6.41. The van der Waals surface area contributed by atoms with Crippen molar-refractivity contribution < 1.29 is 13.2 Å². The molecule has 0 fully saturated rings. The largest absolute Gasteiger partial charge is 0.433 e. The van der Waals surface area contributed by atoms with Gasteiger partial charge in [-0.3, -0.25) is 4.99 Å². The zero-order chi connectivity index (χ0) is 12.6. The summed E-state index contributed by atoms with van der Waals surface area (Å²) < 4.78 is 37.5. The van der Waals surface area contributed by atoms with Crippen LogP contribution in [-0.4, -0.2) is 12.4 Å². The highest BCUT2D eigenvalue weighted by Crippen LogP contribution is 2.30. The summed E-state index contributed by atoms with van der Waals surface area (Å²) in [5, 5.41) is 16.5. The van der Waals surface area contributed by atoms with Gasteiger partial charge in [-0.1, -0.05) is 12.7 Å². The predicted octanol–water partition coefficient (Wildman–Crippen LogP) is 2.89. The zero-order valence-corrected chi connectivity index (χ0v) is 8.25. The van der Waals surface area contributed by atoms with Gasteiger partial charge >= 0.3 is 6.18 Å². The third kappa shape index (κ3) is 4.43. The standard InChI is InChI=1S/C10H8F3N3/c1-2-8(4-6-15)9(10(11,12)13)16-7-3-5-14/h2,7H,1,3-4H2/b9-8+,16-7-. The number of rotatable bonds is 4. The van der Waals surface area contributed by atoms with Gasteiger partial charge < -0.3 is 0 Å². The van der Waals surface area contributed by atoms with Crippen LogP contribution in [0.1, 0.15) is 12.8 Å². The highest BCUT2D eigenvalue weighted by Gasteiger charge is 2.35. The van der Waals surface area contributed by atoms with E-state index in [4.69, 9.17) is 10.5 Å². The Morgan fingerprint density at radius 1 is 1.31 bits per heavy atom. The van der Waals surface area contributed by atoms with Crippen LogP contribution in [-0.2, 0) is 0 Å². The fraction of sp³-hybridized carbons (Fsp3) is 0.300. The molecule has 0 aromatic rings. The van der Waals surface area contributed by atoms with Crippen LogP contribution >= 0.6 is 0 Å². The Morgan fingerprint density at radius 3 is 2.31 bits per heavy atom. The molecule has 0 rings (SSSR count). The smallest absolute Gasteiger partial charge is 0.255 e. The van der Waals surface area contributed by atoms with Crippen LogP contribution in [0.4, 0.5) is 13.2 Å². The lowest BCUT2D eigenvalue weighted by atomic mass is 10.1. The van der Waals surface area contributed by atoms with Crippen molar-refractivity contribution in [2.24, 2.45) is 4.99 Å². The fourth-order valence-corrected chi connectivity index (χ4v) is 0.854. The molecule has 3 nitrogen and oxygen atoms in total. The molecule has 0 aliphatic heterocycles. The number of hydrogen-bond acceptors (Lipinski definition) is 3. The van der Waals surface area contributed by atoms with E-state index in [2.05, 4.69) is 11.6 Å². The molecule has 0 bridgehead atoms. The Kier molecular flexibility index (Phi) is 5.58. The number of halogens is 3. The number of nitrogens with zero attached hydrogens (tertiary/aromatic N) is 3. The molecule has 0 radical (unpaired) electrons. The highest BCUT2D eigenvalue weighted by atomic mass is 19.4. The molecule has 0 aliphatic rings. The Balaban J connectivity index is 5.32. The summed E-state index contributed by atoms with van der Waals surface area (Å²) in [5.41, 5.74) is -1.48. The van der Waals surface area contributed by atoms with E-state index >= 15 is 0 Å². The van der Waals surface area contributed by atoms with E-state index in [0.29, 0.717) is 0 Å². The number of alkyl halides is 3. The number of nitriles is 2. The summed E-state index contributed by atoms with van der Waals surface area (Å²) in [5.74, 6) is 0. The summed E-state index contributed by atoms with van der Waals surface area (Å²) in [6, 6.07) is 3.23. The van der Waals surface area contributed by atoms with Gasteiger partial charge in [0.2, 0.25) is 0 Å². The number of hydrogen-bond donors (Lipinski definition) is 0. The SMILES string of the molecule is C=C/C(CC#N)=C(\N=C/CC#N)C(F)(F)F.